The Morgan fingerprint density at radius 1 is 1.04 bits per heavy atom. The average molecular weight is 404 g/mol. The highest BCUT2D eigenvalue weighted by Crippen LogP contribution is 2.22. The molecule has 1 aromatic heterocycles. The summed E-state index contributed by atoms with van der Waals surface area (Å²) in [6.07, 6.45) is 0. The van der Waals surface area contributed by atoms with Gasteiger partial charge in [0.25, 0.3) is 0 Å². The summed E-state index contributed by atoms with van der Waals surface area (Å²) in [6.45, 7) is 10.5. The van der Waals surface area contributed by atoms with Gasteiger partial charge in [0.1, 0.15) is 0 Å². The molecule has 0 bridgehead atoms. The number of aromatic nitrogens is 1. The second-order valence-electron chi connectivity index (χ2n) is 7.67. The maximum Gasteiger partial charge on any atom is 0.243 e. The van der Waals surface area contributed by atoms with E-state index in [1.54, 1.807) is 30.3 Å². The molecule has 1 fully saturated rings. The Labute approximate surface area is 167 Å². The summed E-state index contributed by atoms with van der Waals surface area (Å²) >= 11 is 0. The fourth-order valence-electron chi connectivity index (χ4n) is 4.01. The van der Waals surface area contributed by atoms with E-state index >= 15 is 0 Å². The standard InChI is InChI=1S/C21H29N3O3S/c1-16(2)24-17(3)14-20(18(24)4)21(25)15-22-10-12-23(13-11-22)28(26,27)19-8-6-5-7-9-19/h5-9,14,16H,10-13,15H2,1-4H3. The summed E-state index contributed by atoms with van der Waals surface area (Å²) in [7, 11) is -3.47. The third-order valence-electron chi connectivity index (χ3n) is 5.38. The Morgan fingerprint density at radius 2 is 1.64 bits per heavy atom. The number of rotatable bonds is 6. The lowest BCUT2D eigenvalue weighted by atomic mass is 10.1. The number of piperazine rings is 1. The van der Waals surface area contributed by atoms with Gasteiger partial charge in [0, 0.05) is 49.2 Å². The van der Waals surface area contributed by atoms with Crippen molar-refractivity contribution in [2.75, 3.05) is 32.7 Å². The van der Waals surface area contributed by atoms with Gasteiger partial charge < -0.3 is 4.57 Å². The minimum absolute atomic E-state index is 0.0966. The molecule has 1 aliphatic rings. The highest BCUT2D eigenvalue weighted by Gasteiger charge is 2.29. The van der Waals surface area contributed by atoms with Crippen LogP contribution in [0.25, 0.3) is 0 Å². The molecule has 1 aliphatic heterocycles. The van der Waals surface area contributed by atoms with Crippen LogP contribution in [0, 0.1) is 13.8 Å². The molecular formula is C21H29N3O3S. The van der Waals surface area contributed by atoms with Crippen LogP contribution in [0.5, 0.6) is 0 Å². The zero-order chi connectivity index (χ0) is 20.5. The van der Waals surface area contributed by atoms with Gasteiger partial charge in [-0.2, -0.15) is 4.31 Å². The molecule has 152 valence electrons. The van der Waals surface area contributed by atoms with Crippen molar-refractivity contribution < 1.29 is 13.2 Å². The van der Waals surface area contributed by atoms with E-state index in [9.17, 15) is 13.2 Å². The predicted octanol–water partition coefficient (Wildman–Crippen LogP) is 2.88. The van der Waals surface area contributed by atoms with Crippen molar-refractivity contribution in [1.29, 1.82) is 0 Å². The summed E-state index contributed by atoms with van der Waals surface area (Å²) in [6, 6.07) is 10.8. The number of carbonyl (C=O) groups excluding carboxylic acids is 1. The van der Waals surface area contributed by atoms with E-state index < -0.39 is 10.0 Å². The first kappa shape index (κ1) is 20.8. The van der Waals surface area contributed by atoms with Crippen LogP contribution in [0.4, 0.5) is 0 Å². The van der Waals surface area contributed by atoms with Gasteiger partial charge in [-0.15, -0.1) is 0 Å². The lowest BCUT2D eigenvalue weighted by molar-refractivity contribution is 0.0901. The van der Waals surface area contributed by atoms with E-state index in [0.29, 0.717) is 43.7 Å². The molecule has 0 unspecified atom stereocenters. The Morgan fingerprint density at radius 3 is 2.18 bits per heavy atom. The van der Waals surface area contributed by atoms with Crippen LogP contribution in [0.3, 0.4) is 0 Å². The highest BCUT2D eigenvalue weighted by atomic mass is 32.2. The van der Waals surface area contributed by atoms with Crippen LogP contribution >= 0.6 is 0 Å². The molecule has 3 rings (SSSR count). The van der Waals surface area contributed by atoms with Crippen molar-refractivity contribution in [1.82, 2.24) is 13.8 Å². The minimum Gasteiger partial charge on any atom is -0.346 e. The molecule has 2 heterocycles. The Hall–Kier alpha value is -1.96. The number of hydrogen-bond acceptors (Lipinski definition) is 4. The van der Waals surface area contributed by atoms with Crippen LogP contribution in [0.1, 0.15) is 41.6 Å². The molecule has 0 spiro atoms. The molecule has 0 N–H and O–H groups in total. The zero-order valence-electron chi connectivity index (χ0n) is 17.1. The largest absolute Gasteiger partial charge is 0.346 e. The summed E-state index contributed by atoms with van der Waals surface area (Å²) in [4.78, 5) is 15.2. The lowest BCUT2D eigenvalue weighted by Gasteiger charge is -2.33. The number of carbonyl (C=O) groups is 1. The monoisotopic (exact) mass is 403 g/mol. The van der Waals surface area contributed by atoms with Gasteiger partial charge in [-0.3, -0.25) is 9.69 Å². The van der Waals surface area contributed by atoms with Gasteiger partial charge in [0.15, 0.2) is 5.78 Å². The molecule has 7 heteroatoms. The van der Waals surface area contributed by atoms with E-state index in [2.05, 4.69) is 18.4 Å². The van der Waals surface area contributed by atoms with Crippen molar-refractivity contribution in [2.24, 2.45) is 0 Å². The lowest BCUT2D eigenvalue weighted by Crippen LogP contribution is -2.49. The Balaban J connectivity index is 1.63. The minimum atomic E-state index is -3.47. The number of aryl methyl sites for hydroxylation is 1. The van der Waals surface area contributed by atoms with E-state index in [4.69, 9.17) is 0 Å². The predicted molar refractivity (Wildman–Crippen MR) is 110 cm³/mol. The van der Waals surface area contributed by atoms with Crippen LogP contribution in [-0.2, 0) is 10.0 Å². The second kappa shape index (κ2) is 8.19. The summed E-state index contributed by atoms with van der Waals surface area (Å²) < 4.78 is 29.1. The summed E-state index contributed by atoms with van der Waals surface area (Å²) in [5.41, 5.74) is 2.86. The van der Waals surface area contributed by atoms with Crippen molar-refractivity contribution in [3.63, 3.8) is 0 Å². The van der Waals surface area contributed by atoms with Crippen molar-refractivity contribution in [3.8, 4) is 0 Å². The molecule has 28 heavy (non-hydrogen) atoms. The molecule has 2 aromatic rings. The van der Waals surface area contributed by atoms with Gasteiger partial charge in [-0.1, -0.05) is 18.2 Å². The number of sulfonamides is 1. The zero-order valence-corrected chi connectivity index (χ0v) is 17.9. The Kier molecular flexibility index (Phi) is 6.07. The van der Waals surface area contributed by atoms with Gasteiger partial charge in [-0.25, -0.2) is 8.42 Å². The maximum atomic E-state index is 12.8. The fourth-order valence-corrected chi connectivity index (χ4v) is 5.46. The van der Waals surface area contributed by atoms with Crippen LogP contribution in [-0.4, -0.2) is 60.7 Å². The number of nitrogens with zero attached hydrogens (tertiary/aromatic N) is 3. The highest BCUT2D eigenvalue weighted by molar-refractivity contribution is 7.89. The van der Waals surface area contributed by atoms with E-state index in [-0.39, 0.29) is 5.78 Å². The molecular weight excluding hydrogens is 374 g/mol. The molecule has 0 amide bonds. The normalized spacial score (nSPS) is 16.6. The number of ketones is 1. The fraction of sp³-hybridized carbons (Fsp3) is 0.476. The van der Waals surface area contributed by atoms with Crippen molar-refractivity contribution >= 4 is 15.8 Å². The molecule has 1 saturated heterocycles. The van der Waals surface area contributed by atoms with Crippen molar-refractivity contribution in [3.05, 3.63) is 53.3 Å². The molecule has 6 nitrogen and oxygen atoms in total. The van der Waals surface area contributed by atoms with Gasteiger partial charge in [0.05, 0.1) is 11.4 Å². The van der Waals surface area contributed by atoms with Crippen LogP contribution in [0.15, 0.2) is 41.3 Å². The van der Waals surface area contributed by atoms with Crippen LogP contribution in [0.2, 0.25) is 0 Å². The van der Waals surface area contributed by atoms with E-state index in [1.165, 1.54) is 4.31 Å². The van der Waals surface area contributed by atoms with Crippen LogP contribution < -0.4 is 0 Å². The molecule has 0 aliphatic carbocycles. The van der Waals surface area contributed by atoms with Gasteiger partial charge in [0.2, 0.25) is 10.0 Å². The maximum absolute atomic E-state index is 12.8. The van der Waals surface area contributed by atoms with E-state index in [1.807, 2.05) is 24.8 Å². The number of benzene rings is 1. The third kappa shape index (κ3) is 4.06. The third-order valence-corrected chi connectivity index (χ3v) is 7.29. The van der Waals surface area contributed by atoms with E-state index in [0.717, 1.165) is 17.0 Å². The van der Waals surface area contributed by atoms with Gasteiger partial charge in [-0.05, 0) is 45.9 Å². The molecule has 0 saturated carbocycles. The molecule has 0 radical (unpaired) electrons. The quantitative estimate of drug-likeness (QED) is 0.696. The number of hydrogen-bond donors (Lipinski definition) is 0. The first-order valence-electron chi connectivity index (χ1n) is 9.71. The summed E-state index contributed by atoms with van der Waals surface area (Å²) in [5.74, 6) is 0.0966. The van der Waals surface area contributed by atoms with Crippen molar-refractivity contribution in [2.45, 2.75) is 38.6 Å². The van der Waals surface area contributed by atoms with Gasteiger partial charge >= 0.3 is 0 Å². The molecule has 1 aromatic carbocycles. The topological polar surface area (TPSA) is 62.6 Å². The first-order valence-corrected chi connectivity index (χ1v) is 11.1. The molecule has 0 atom stereocenters. The average Bonchev–Trinajstić information content (AvgIpc) is 2.97. The Bertz CT molecular complexity index is 941. The summed E-state index contributed by atoms with van der Waals surface area (Å²) in [5, 5.41) is 0. The number of Topliss-reactive ketones (excluding diaryl/α,β-unsaturated/α-hetero) is 1. The smallest absolute Gasteiger partial charge is 0.243 e. The SMILES string of the molecule is Cc1cc(C(=O)CN2CCN(S(=O)(=O)c3ccccc3)CC2)c(C)n1C(C)C. The second-order valence-corrected chi connectivity index (χ2v) is 9.60. The first-order chi connectivity index (χ1) is 13.2.